The molecule has 1 heterocycles. The predicted molar refractivity (Wildman–Crippen MR) is 54.9 cm³/mol. The summed E-state index contributed by atoms with van der Waals surface area (Å²) >= 11 is 0. The lowest BCUT2D eigenvalue weighted by Gasteiger charge is -2.03. The van der Waals surface area contributed by atoms with Gasteiger partial charge in [-0.25, -0.2) is 9.48 Å². The van der Waals surface area contributed by atoms with Gasteiger partial charge in [-0.15, -0.1) is 5.10 Å². The summed E-state index contributed by atoms with van der Waals surface area (Å²) < 4.78 is 1.38. The fraction of sp³-hybridized carbons (Fsp3) is 0.556. The minimum absolute atomic E-state index is 0.0129. The van der Waals surface area contributed by atoms with Crippen LogP contribution in [0.1, 0.15) is 30.3 Å². The second-order valence-corrected chi connectivity index (χ2v) is 3.27. The van der Waals surface area contributed by atoms with E-state index in [-0.39, 0.29) is 11.6 Å². The van der Waals surface area contributed by atoms with Crippen LogP contribution < -0.4 is 5.32 Å². The Balaban J connectivity index is 2.32. The summed E-state index contributed by atoms with van der Waals surface area (Å²) in [6.07, 6.45) is 2.63. The summed E-state index contributed by atoms with van der Waals surface area (Å²) in [6.45, 7) is 2.76. The fourth-order valence-corrected chi connectivity index (χ4v) is 1.13. The van der Waals surface area contributed by atoms with E-state index in [4.69, 9.17) is 5.11 Å². The van der Waals surface area contributed by atoms with Crippen LogP contribution in [0.2, 0.25) is 0 Å². The van der Waals surface area contributed by atoms with Gasteiger partial charge in [0.25, 0.3) is 0 Å². The molecule has 0 bridgehead atoms. The van der Waals surface area contributed by atoms with Crippen LogP contribution in [-0.2, 0) is 11.3 Å². The predicted octanol–water partition coefficient (Wildman–Crippen LogP) is -0.107. The van der Waals surface area contributed by atoms with E-state index in [9.17, 15) is 9.59 Å². The van der Waals surface area contributed by atoms with Crippen molar-refractivity contribution in [3.8, 4) is 0 Å². The van der Waals surface area contributed by atoms with Crippen LogP contribution >= 0.6 is 0 Å². The Hall–Kier alpha value is -1.92. The molecular formula is C9H14N4O3. The summed E-state index contributed by atoms with van der Waals surface area (Å²) in [4.78, 5) is 21.6. The number of nitrogens with zero attached hydrogens (tertiary/aromatic N) is 3. The van der Waals surface area contributed by atoms with E-state index in [0.717, 1.165) is 6.42 Å². The smallest absolute Gasteiger partial charge is 0.358 e. The van der Waals surface area contributed by atoms with Gasteiger partial charge >= 0.3 is 5.97 Å². The summed E-state index contributed by atoms with van der Waals surface area (Å²) in [7, 11) is 0. The SMILES string of the molecule is CCCC(=O)NCCn1cc(C(=O)O)nn1. The number of nitrogens with one attached hydrogen (secondary N) is 1. The molecule has 88 valence electrons. The molecule has 0 aliphatic carbocycles. The van der Waals surface area contributed by atoms with Crippen LogP contribution in [0, 0.1) is 0 Å². The number of aromatic nitrogens is 3. The third-order valence-corrected chi connectivity index (χ3v) is 1.90. The molecule has 1 rings (SSSR count). The molecule has 0 unspecified atom stereocenters. The van der Waals surface area contributed by atoms with Crippen LogP contribution in [0.15, 0.2) is 6.20 Å². The maximum atomic E-state index is 11.1. The molecule has 2 N–H and O–H groups in total. The molecule has 7 heteroatoms. The van der Waals surface area contributed by atoms with Crippen LogP contribution in [0.25, 0.3) is 0 Å². The van der Waals surface area contributed by atoms with Gasteiger partial charge in [0.05, 0.1) is 12.7 Å². The van der Waals surface area contributed by atoms with Gasteiger partial charge in [-0.1, -0.05) is 12.1 Å². The van der Waals surface area contributed by atoms with E-state index >= 15 is 0 Å². The molecule has 0 radical (unpaired) electrons. The van der Waals surface area contributed by atoms with E-state index in [0.29, 0.717) is 19.5 Å². The maximum absolute atomic E-state index is 11.1. The quantitative estimate of drug-likeness (QED) is 0.705. The number of carbonyl (C=O) groups is 2. The number of rotatable bonds is 6. The largest absolute Gasteiger partial charge is 0.476 e. The van der Waals surface area contributed by atoms with Crippen molar-refractivity contribution in [3.63, 3.8) is 0 Å². The molecule has 0 fully saturated rings. The standard InChI is InChI=1S/C9H14N4O3/c1-2-3-8(14)10-4-5-13-6-7(9(15)16)11-12-13/h6H,2-5H2,1H3,(H,10,14)(H,15,16). The Morgan fingerprint density at radius 2 is 2.31 bits per heavy atom. The van der Waals surface area contributed by atoms with Crippen LogP contribution in [0.4, 0.5) is 0 Å². The molecule has 0 spiro atoms. The average Bonchev–Trinajstić information content (AvgIpc) is 2.67. The highest BCUT2D eigenvalue weighted by molar-refractivity contribution is 5.84. The monoisotopic (exact) mass is 226 g/mol. The Morgan fingerprint density at radius 3 is 2.88 bits per heavy atom. The minimum Gasteiger partial charge on any atom is -0.476 e. The van der Waals surface area contributed by atoms with Crippen LogP contribution in [0.5, 0.6) is 0 Å². The lowest BCUT2D eigenvalue weighted by molar-refractivity contribution is -0.121. The van der Waals surface area contributed by atoms with Gasteiger partial charge in [0, 0.05) is 13.0 Å². The first-order valence-corrected chi connectivity index (χ1v) is 5.03. The third kappa shape index (κ3) is 3.68. The molecule has 0 atom stereocenters. The van der Waals surface area contributed by atoms with E-state index in [1.165, 1.54) is 10.9 Å². The van der Waals surface area contributed by atoms with E-state index in [2.05, 4.69) is 15.6 Å². The second-order valence-electron chi connectivity index (χ2n) is 3.27. The molecule has 0 aromatic carbocycles. The van der Waals surface area contributed by atoms with E-state index in [1.807, 2.05) is 6.92 Å². The molecule has 7 nitrogen and oxygen atoms in total. The Bertz CT molecular complexity index is 375. The van der Waals surface area contributed by atoms with Gasteiger partial charge in [0.2, 0.25) is 5.91 Å². The van der Waals surface area contributed by atoms with Crippen molar-refractivity contribution in [2.75, 3.05) is 6.54 Å². The third-order valence-electron chi connectivity index (χ3n) is 1.90. The lowest BCUT2D eigenvalue weighted by Crippen LogP contribution is -2.26. The zero-order chi connectivity index (χ0) is 12.0. The molecular weight excluding hydrogens is 212 g/mol. The molecule has 0 aliphatic rings. The fourth-order valence-electron chi connectivity index (χ4n) is 1.13. The maximum Gasteiger partial charge on any atom is 0.358 e. The number of hydrogen-bond donors (Lipinski definition) is 2. The normalized spacial score (nSPS) is 10.1. The highest BCUT2D eigenvalue weighted by Gasteiger charge is 2.07. The van der Waals surface area contributed by atoms with Crippen LogP contribution in [0.3, 0.4) is 0 Å². The molecule has 0 saturated carbocycles. The summed E-state index contributed by atoms with van der Waals surface area (Å²) in [6, 6.07) is 0. The Kier molecular flexibility index (Phi) is 4.43. The summed E-state index contributed by atoms with van der Waals surface area (Å²) in [5.74, 6) is -1.12. The number of hydrogen-bond acceptors (Lipinski definition) is 4. The zero-order valence-electron chi connectivity index (χ0n) is 9.01. The first-order valence-electron chi connectivity index (χ1n) is 5.03. The highest BCUT2D eigenvalue weighted by atomic mass is 16.4. The van der Waals surface area contributed by atoms with E-state index < -0.39 is 5.97 Å². The number of carboxylic acid groups (broad SMARTS) is 1. The van der Waals surface area contributed by atoms with E-state index in [1.54, 1.807) is 0 Å². The van der Waals surface area contributed by atoms with Crippen molar-refractivity contribution < 1.29 is 14.7 Å². The first-order chi connectivity index (χ1) is 7.63. The van der Waals surface area contributed by atoms with Gasteiger partial charge in [-0.2, -0.15) is 0 Å². The topological polar surface area (TPSA) is 97.1 Å². The van der Waals surface area contributed by atoms with Crippen molar-refractivity contribution in [1.29, 1.82) is 0 Å². The number of carboxylic acids is 1. The van der Waals surface area contributed by atoms with Gasteiger partial charge in [-0.3, -0.25) is 4.79 Å². The van der Waals surface area contributed by atoms with Gasteiger partial charge < -0.3 is 10.4 Å². The molecule has 1 amide bonds. The molecule has 0 saturated heterocycles. The number of amides is 1. The second kappa shape index (κ2) is 5.84. The van der Waals surface area contributed by atoms with Crippen LogP contribution in [-0.4, -0.2) is 38.5 Å². The van der Waals surface area contributed by atoms with Crippen molar-refractivity contribution >= 4 is 11.9 Å². The zero-order valence-corrected chi connectivity index (χ0v) is 9.01. The summed E-state index contributed by atoms with van der Waals surface area (Å²) in [5, 5.41) is 18.4. The Labute approximate surface area is 92.4 Å². The number of aromatic carboxylic acids is 1. The molecule has 1 aromatic heterocycles. The lowest BCUT2D eigenvalue weighted by atomic mass is 10.3. The first kappa shape index (κ1) is 12.2. The van der Waals surface area contributed by atoms with Gasteiger partial charge in [0.1, 0.15) is 0 Å². The van der Waals surface area contributed by atoms with Gasteiger partial charge in [0.15, 0.2) is 5.69 Å². The van der Waals surface area contributed by atoms with Crippen molar-refractivity contribution in [2.24, 2.45) is 0 Å². The van der Waals surface area contributed by atoms with Gasteiger partial charge in [-0.05, 0) is 6.42 Å². The van der Waals surface area contributed by atoms with Crippen molar-refractivity contribution in [3.05, 3.63) is 11.9 Å². The average molecular weight is 226 g/mol. The Morgan fingerprint density at radius 1 is 1.56 bits per heavy atom. The molecule has 1 aromatic rings. The number of carbonyl (C=O) groups excluding carboxylic acids is 1. The molecule has 16 heavy (non-hydrogen) atoms. The van der Waals surface area contributed by atoms with Crippen molar-refractivity contribution in [1.82, 2.24) is 20.3 Å². The summed E-state index contributed by atoms with van der Waals surface area (Å²) in [5.41, 5.74) is -0.0973. The highest BCUT2D eigenvalue weighted by Crippen LogP contribution is 1.92. The molecule has 0 aliphatic heterocycles. The van der Waals surface area contributed by atoms with Crippen molar-refractivity contribution in [2.45, 2.75) is 26.3 Å². The minimum atomic E-state index is -1.11.